The van der Waals surface area contributed by atoms with Crippen LogP contribution in [0.3, 0.4) is 0 Å². The summed E-state index contributed by atoms with van der Waals surface area (Å²) in [6.07, 6.45) is 3.76. The van der Waals surface area contributed by atoms with Crippen molar-refractivity contribution in [3.63, 3.8) is 0 Å². The van der Waals surface area contributed by atoms with Crippen LogP contribution in [0.1, 0.15) is 30.4 Å². The third-order valence-electron chi connectivity index (χ3n) is 4.85. The number of rotatable bonds is 8. The first-order chi connectivity index (χ1) is 13.8. The van der Waals surface area contributed by atoms with Crippen LogP contribution in [0.2, 0.25) is 10.0 Å². The topological polar surface area (TPSA) is 74.3 Å². The largest absolute Gasteiger partial charge is 0.324 e. The molecule has 0 spiro atoms. The zero-order valence-electron chi connectivity index (χ0n) is 16.5. The summed E-state index contributed by atoms with van der Waals surface area (Å²) in [6.45, 7) is 4.69. The summed E-state index contributed by atoms with van der Waals surface area (Å²) in [5.41, 5.74) is 2.92. The fourth-order valence-corrected chi connectivity index (χ4v) is 3.58. The Hall–Kier alpha value is -2.15. The van der Waals surface area contributed by atoms with E-state index in [-0.39, 0.29) is 35.6 Å². The SMILES string of the molecule is Cc1cccc(C)c1NC(=O)CN(CCC(=O)Nc1ncc(Cl)cc1Cl)C1CC1. The van der Waals surface area contributed by atoms with Crippen molar-refractivity contribution in [1.29, 1.82) is 0 Å². The molecule has 29 heavy (non-hydrogen) atoms. The predicted octanol–water partition coefficient (Wildman–Crippen LogP) is 4.44. The fourth-order valence-electron chi connectivity index (χ4n) is 3.15. The number of hydrogen-bond acceptors (Lipinski definition) is 4. The van der Waals surface area contributed by atoms with Crippen molar-refractivity contribution >= 4 is 46.5 Å². The van der Waals surface area contributed by atoms with E-state index in [9.17, 15) is 9.59 Å². The third-order valence-corrected chi connectivity index (χ3v) is 5.34. The number of carbonyl (C=O) groups excluding carboxylic acids is 2. The van der Waals surface area contributed by atoms with Crippen LogP contribution in [0.5, 0.6) is 0 Å². The van der Waals surface area contributed by atoms with E-state index in [2.05, 4.69) is 20.5 Å². The van der Waals surface area contributed by atoms with Gasteiger partial charge in [0, 0.05) is 30.9 Å². The second-order valence-corrected chi connectivity index (χ2v) is 8.14. The highest BCUT2D eigenvalue weighted by Gasteiger charge is 2.30. The van der Waals surface area contributed by atoms with E-state index in [1.807, 2.05) is 32.0 Å². The van der Waals surface area contributed by atoms with E-state index in [1.54, 1.807) is 0 Å². The monoisotopic (exact) mass is 434 g/mol. The Kier molecular flexibility index (Phi) is 7.11. The second-order valence-electron chi connectivity index (χ2n) is 7.30. The predicted molar refractivity (Wildman–Crippen MR) is 117 cm³/mol. The van der Waals surface area contributed by atoms with Crippen LogP contribution in [0.15, 0.2) is 30.5 Å². The maximum atomic E-state index is 12.6. The van der Waals surface area contributed by atoms with Crippen molar-refractivity contribution in [2.45, 2.75) is 39.2 Å². The minimum atomic E-state index is -0.206. The zero-order valence-corrected chi connectivity index (χ0v) is 18.0. The van der Waals surface area contributed by atoms with Gasteiger partial charge in [-0.2, -0.15) is 0 Å². The van der Waals surface area contributed by atoms with E-state index in [4.69, 9.17) is 23.2 Å². The lowest BCUT2D eigenvalue weighted by Gasteiger charge is -2.22. The van der Waals surface area contributed by atoms with Gasteiger partial charge in [-0.1, -0.05) is 41.4 Å². The van der Waals surface area contributed by atoms with Crippen LogP contribution < -0.4 is 10.6 Å². The minimum Gasteiger partial charge on any atom is -0.324 e. The first-order valence-corrected chi connectivity index (χ1v) is 10.3. The van der Waals surface area contributed by atoms with E-state index < -0.39 is 0 Å². The molecule has 0 atom stereocenters. The van der Waals surface area contributed by atoms with E-state index >= 15 is 0 Å². The number of pyridine rings is 1. The van der Waals surface area contributed by atoms with Gasteiger partial charge in [0.05, 0.1) is 16.6 Å². The van der Waals surface area contributed by atoms with Crippen LogP contribution in [-0.2, 0) is 9.59 Å². The van der Waals surface area contributed by atoms with E-state index in [0.29, 0.717) is 17.6 Å². The van der Waals surface area contributed by atoms with Crippen molar-refractivity contribution in [2.24, 2.45) is 0 Å². The van der Waals surface area contributed by atoms with Crippen LogP contribution >= 0.6 is 23.2 Å². The molecule has 0 radical (unpaired) electrons. The Morgan fingerprint density at radius 1 is 1.14 bits per heavy atom. The molecule has 3 rings (SSSR count). The number of nitrogens with one attached hydrogen (secondary N) is 2. The molecule has 1 aromatic carbocycles. The molecule has 0 bridgehead atoms. The van der Waals surface area contributed by atoms with Crippen molar-refractivity contribution in [2.75, 3.05) is 23.7 Å². The lowest BCUT2D eigenvalue weighted by molar-refractivity contribution is -0.119. The standard InChI is InChI=1S/C21H24Cl2N4O2/c1-13-4-3-5-14(2)20(13)25-19(29)12-27(16-6-7-16)9-8-18(28)26-21-17(23)10-15(22)11-24-21/h3-5,10-11,16H,6-9,12H2,1-2H3,(H,25,29)(H,24,26,28). The molecule has 0 unspecified atom stereocenters. The summed E-state index contributed by atoms with van der Waals surface area (Å²) < 4.78 is 0. The Morgan fingerprint density at radius 3 is 2.45 bits per heavy atom. The molecule has 8 heteroatoms. The summed E-state index contributed by atoms with van der Waals surface area (Å²) in [5, 5.41) is 6.40. The Balaban J connectivity index is 1.53. The summed E-state index contributed by atoms with van der Waals surface area (Å²) in [6, 6.07) is 7.80. The smallest absolute Gasteiger partial charge is 0.238 e. The minimum absolute atomic E-state index is 0.0721. The maximum Gasteiger partial charge on any atom is 0.238 e. The maximum absolute atomic E-state index is 12.6. The number of nitrogens with zero attached hydrogens (tertiary/aromatic N) is 2. The highest BCUT2D eigenvalue weighted by molar-refractivity contribution is 6.36. The van der Waals surface area contributed by atoms with Gasteiger partial charge in [0.1, 0.15) is 0 Å². The number of aromatic nitrogens is 1. The molecule has 0 saturated heterocycles. The van der Waals surface area contributed by atoms with Gasteiger partial charge in [-0.3, -0.25) is 14.5 Å². The summed E-state index contributed by atoms with van der Waals surface area (Å²) >= 11 is 11.9. The average Bonchev–Trinajstić information content (AvgIpc) is 3.49. The molecule has 6 nitrogen and oxygen atoms in total. The molecule has 2 N–H and O–H groups in total. The van der Waals surface area contributed by atoms with Crippen LogP contribution in [0.25, 0.3) is 0 Å². The molecular formula is C21H24Cl2N4O2. The lowest BCUT2D eigenvalue weighted by atomic mass is 10.1. The first-order valence-electron chi connectivity index (χ1n) is 9.54. The van der Waals surface area contributed by atoms with Crippen molar-refractivity contribution in [3.8, 4) is 0 Å². The molecule has 0 aliphatic heterocycles. The molecule has 1 aliphatic rings. The normalized spacial score (nSPS) is 13.4. The molecular weight excluding hydrogens is 411 g/mol. The van der Waals surface area contributed by atoms with E-state index in [0.717, 1.165) is 29.7 Å². The van der Waals surface area contributed by atoms with Crippen molar-refractivity contribution in [1.82, 2.24) is 9.88 Å². The van der Waals surface area contributed by atoms with E-state index in [1.165, 1.54) is 12.3 Å². The number of hydrogen-bond donors (Lipinski definition) is 2. The lowest BCUT2D eigenvalue weighted by Crippen LogP contribution is -2.37. The number of anilines is 2. The van der Waals surface area contributed by atoms with Crippen LogP contribution in [0, 0.1) is 13.8 Å². The van der Waals surface area contributed by atoms with Gasteiger partial charge < -0.3 is 10.6 Å². The fraction of sp³-hybridized carbons (Fsp3) is 0.381. The third kappa shape index (κ3) is 6.16. The summed E-state index contributed by atoms with van der Waals surface area (Å²) in [4.78, 5) is 31.0. The quantitative estimate of drug-likeness (QED) is 0.643. The number of amides is 2. The summed E-state index contributed by atoms with van der Waals surface area (Å²) in [5.74, 6) is 0.00598. The van der Waals surface area contributed by atoms with Gasteiger partial charge in [0.2, 0.25) is 11.8 Å². The average molecular weight is 435 g/mol. The van der Waals surface area contributed by atoms with Crippen molar-refractivity contribution in [3.05, 3.63) is 51.6 Å². The first kappa shape index (κ1) is 21.6. The number of aryl methyl sites for hydroxylation is 2. The molecule has 1 fully saturated rings. The van der Waals surface area contributed by atoms with Crippen molar-refractivity contribution < 1.29 is 9.59 Å². The van der Waals surface area contributed by atoms with Gasteiger partial charge in [-0.25, -0.2) is 4.98 Å². The Labute approximate surface area is 180 Å². The number of carbonyl (C=O) groups is 2. The molecule has 1 aliphatic carbocycles. The molecule has 2 amide bonds. The highest BCUT2D eigenvalue weighted by atomic mass is 35.5. The zero-order chi connectivity index (χ0) is 21.0. The van der Waals surface area contributed by atoms with Crippen LogP contribution in [0.4, 0.5) is 11.5 Å². The Morgan fingerprint density at radius 2 is 1.83 bits per heavy atom. The van der Waals surface area contributed by atoms with Gasteiger partial charge in [0.15, 0.2) is 5.82 Å². The van der Waals surface area contributed by atoms with Gasteiger partial charge >= 0.3 is 0 Å². The van der Waals surface area contributed by atoms with Gasteiger partial charge in [0.25, 0.3) is 0 Å². The summed E-state index contributed by atoms with van der Waals surface area (Å²) in [7, 11) is 0. The number of halogens is 2. The van der Waals surface area contributed by atoms with Gasteiger partial charge in [-0.05, 0) is 43.9 Å². The molecule has 1 heterocycles. The number of benzene rings is 1. The molecule has 2 aromatic rings. The molecule has 154 valence electrons. The van der Waals surface area contributed by atoms with Crippen LogP contribution in [-0.4, -0.2) is 40.8 Å². The number of para-hydroxylation sites is 1. The highest BCUT2D eigenvalue weighted by Crippen LogP contribution is 2.27. The molecule has 1 saturated carbocycles. The molecule has 1 aromatic heterocycles. The van der Waals surface area contributed by atoms with Gasteiger partial charge in [-0.15, -0.1) is 0 Å². The Bertz CT molecular complexity index is 895. The second kappa shape index (κ2) is 9.57.